The van der Waals surface area contributed by atoms with Crippen LogP contribution in [0.15, 0.2) is 6.07 Å². The number of carbonyl (C=O) groups is 2. The van der Waals surface area contributed by atoms with Crippen molar-refractivity contribution in [2.24, 2.45) is 0 Å². The molecule has 1 aliphatic heterocycles. The number of benzene rings is 1. The van der Waals surface area contributed by atoms with E-state index in [9.17, 15) is 9.59 Å². The highest BCUT2D eigenvalue weighted by atomic mass is 35.5. The molecular formula is C9H5ClO5. The minimum atomic E-state index is -1.18. The van der Waals surface area contributed by atoms with Crippen molar-refractivity contribution in [3.63, 3.8) is 0 Å². The molecule has 2 rings (SSSR count). The van der Waals surface area contributed by atoms with E-state index in [0.717, 1.165) is 0 Å². The van der Waals surface area contributed by atoms with E-state index >= 15 is 0 Å². The molecule has 0 aliphatic carbocycles. The van der Waals surface area contributed by atoms with Crippen molar-refractivity contribution in [2.75, 3.05) is 6.79 Å². The van der Waals surface area contributed by atoms with Gasteiger partial charge < -0.3 is 14.6 Å². The van der Waals surface area contributed by atoms with Crippen LogP contribution in [0.5, 0.6) is 11.5 Å². The normalized spacial score (nSPS) is 12.6. The number of ether oxygens (including phenoxy) is 2. The Morgan fingerprint density at radius 1 is 1.47 bits per heavy atom. The van der Waals surface area contributed by atoms with E-state index in [0.29, 0.717) is 6.29 Å². The highest BCUT2D eigenvalue weighted by molar-refractivity contribution is 6.33. The van der Waals surface area contributed by atoms with Crippen LogP contribution in [-0.4, -0.2) is 24.2 Å². The van der Waals surface area contributed by atoms with E-state index in [1.807, 2.05) is 0 Å². The molecule has 0 bridgehead atoms. The molecule has 1 aromatic rings. The van der Waals surface area contributed by atoms with Gasteiger partial charge in [0.15, 0.2) is 17.8 Å². The lowest BCUT2D eigenvalue weighted by Gasteiger charge is -2.04. The van der Waals surface area contributed by atoms with Crippen LogP contribution in [0.2, 0.25) is 5.02 Å². The van der Waals surface area contributed by atoms with Crippen molar-refractivity contribution < 1.29 is 24.2 Å². The highest BCUT2D eigenvalue weighted by Crippen LogP contribution is 2.41. The third-order valence-electron chi connectivity index (χ3n) is 1.98. The Balaban J connectivity index is 2.73. The lowest BCUT2D eigenvalue weighted by Crippen LogP contribution is -2.00. The van der Waals surface area contributed by atoms with Crippen LogP contribution in [0.25, 0.3) is 0 Å². The number of carboxylic acids is 1. The van der Waals surface area contributed by atoms with Gasteiger partial charge in [-0.15, -0.1) is 0 Å². The minimum Gasteiger partial charge on any atom is -0.478 e. The second-order valence-electron chi connectivity index (χ2n) is 2.81. The molecule has 1 aromatic carbocycles. The van der Waals surface area contributed by atoms with Crippen molar-refractivity contribution in [1.82, 2.24) is 0 Å². The number of hydrogen-bond acceptors (Lipinski definition) is 4. The molecule has 0 unspecified atom stereocenters. The Kier molecular flexibility index (Phi) is 2.24. The van der Waals surface area contributed by atoms with E-state index in [-0.39, 0.29) is 34.4 Å². The van der Waals surface area contributed by atoms with Gasteiger partial charge in [0, 0.05) is 0 Å². The Bertz CT molecular complexity index is 454. The van der Waals surface area contributed by atoms with Crippen molar-refractivity contribution in [1.29, 1.82) is 0 Å². The van der Waals surface area contributed by atoms with Crippen LogP contribution in [0, 0.1) is 0 Å². The van der Waals surface area contributed by atoms with Crippen molar-refractivity contribution in [3.05, 3.63) is 22.2 Å². The predicted molar refractivity (Wildman–Crippen MR) is 49.9 cm³/mol. The molecule has 78 valence electrons. The van der Waals surface area contributed by atoms with Crippen molar-refractivity contribution in [3.8, 4) is 11.5 Å². The molecule has 0 spiro atoms. The zero-order valence-corrected chi connectivity index (χ0v) is 8.08. The Morgan fingerprint density at radius 2 is 2.13 bits per heavy atom. The zero-order valence-electron chi connectivity index (χ0n) is 7.32. The van der Waals surface area contributed by atoms with Gasteiger partial charge in [-0.25, -0.2) is 4.79 Å². The molecule has 1 aliphatic rings. The lowest BCUT2D eigenvalue weighted by atomic mass is 10.1. The summed E-state index contributed by atoms with van der Waals surface area (Å²) in [5, 5.41) is 8.89. The molecule has 0 amide bonds. The average molecular weight is 229 g/mol. The third kappa shape index (κ3) is 1.41. The molecule has 1 heterocycles. The minimum absolute atomic E-state index is 0.0339. The van der Waals surface area contributed by atoms with E-state index < -0.39 is 5.97 Å². The van der Waals surface area contributed by atoms with Crippen LogP contribution in [0.1, 0.15) is 20.7 Å². The topological polar surface area (TPSA) is 72.8 Å². The number of hydrogen-bond donors (Lipinski definition) is 1. The summed E-state index contributed by atoms with van der Waals surface area (Å²) in [4.78, 5) is 21.5. The molecule has 15 heavy (non-hydrogen) atoms. The third-order valence-corrected chi connectivity index (χ3v) is 2.29. The van der Waals surface area contributed by atoms with Gasteiger partial charge in [0.1, 0.15) is 5.56 Å². The summed E-state index contributed by atoms with van der Waals surface area (Å²) in [6.45, 7) is -0.114. The standard InChI is InChI=1S/C9H5ClO5/c10-6-1-4(9(12)13)7-8(5(6)2-11)15-3-14-7/h1-2H,3H2,(H,12,13). The maximum absolute atomic E-state index is 10.8. The molecule has 0 saturated heterocycles. The van der Waals surface area contributed by atoms with Crippen LogP contribution < -0.4 is 9.47 Å². The molecule has 0 atom stereocenters. The molecule has 0 radical (unpaired) electrons. The van der Waals surface area contributed by atoms with Gasteiger partial charge in [0.2, 0.25) is 6.79 Å². The molecule has 5 nitrogen and oxygen atoms in total. The fourth-order valence-electron chi connectivity index (χ4n) is 1.33. The largest absolute Gasteiger partial charge is 0.478 e. The first-order valence-corrected chi connectivity index (χ1v) is 4.33. The monoisotopic (exact) mass is 228 g/mol. The predicted octanol–water partition coefficient (Wildman–Crippen LogP) is 1.58. The van der Waals surface area contributed by atoms with Crippen molar-refractivity contribution in [2.45, 2.75) is 0 Å². The summed E-state index contributed by atoms with van der Waals surface area (Å²) < 4.78 is 9.96. The van der Waals surface area contributed by atoms with E-state index in [1.54, 1.807) is 0 Å². The maximum atomic E-state index is 10.8. The Morgan fingerprint density at radius 3 is 2.73 bits per heavy atom. The van der Waals surface area contributed by atoms with Crippen molar-refractivity contribution >= 4 is 23.9 Å². The van der Waals surface area contributed by atoms with E-state index in [4.69, 9.17) is 26.2 Å². The fraction of sp³-hybridized carbons (Fsp3) is 0.111. The summed E-state index contributed by atoms with van der Waals surface area (Å²) in [7, 11) is 0. The average Bonchev–Trinajstić information content (AvgIpc) is 2.64. The summed E-state index contributed by atoms with van der Waals surface area (Å²) >= 11 is 5.73. The number of carboxylic acid groups (broad SMARTS) is 1. The molecule has 0 saturated carbocycles. The molecule has 0 fully saturated rings. The summed E-state index contributed by atoms with van der Waals surface area (Å²) in [5.41, 5.74) is -0.00716. The summed E-state index contributed by atoms with van der Waals surface area (Å²) in [5.74, 6) is -1.04. The van der Waals surface area contributed by atoms with Crippen LogP contribution in [0.4, 0.5) is 0 Å². The highest BCUT2D eigenvalue weighted by Gasteiger charge is 2.27. The lowest BCUT2D eigenvalue weighted by molar-refractivity contribution is 0.0692. The maximum Gasteiger partial charge on any atom is 0.339 e. The number of carbonyl (C=O) groups excluding carboxylic acids is 1. The summed E-state index contributed by atoms with van der Waals surface area (Å²) in [6.07, 6.45) is 0.501. The quantitative estimate of drug-likeness (QED) is 0.778. The molecule has 1 N–H and O–H groups in total. The Labute approximate surface area is 89.2 Å². The second kappa shape index (κ2) is 3.43. The number of rotatable bonds is 2. The van der Waals surface area contributed by atoms with E-state index in [2.05, 4.69) is 0 Å². The zero-order chi connectivity index (χ0) is 11.0. The van der Waals surface area contributed by atoms with Gasteiger partial charge in [-0.05, 0) is 6.07 Å². The van der Waals surface area contributed by atoms with E-state index in [1.165, 1.54) is 6.07 Å². The SMILES string of the molecule is O=Cc1c(Cl)cc(C(=O)O)c2c1OCO2. The van der Waals surface area contributed by atoms with Crippen LogP contribution in [0.3, 0.4) is 0 Å². The number of aldehydes is 1. The van der Waals surface area contributed by atoms with Gasteiger partial charge in [0.05, 0.1) is 10.6 Å². The Hall–Kier alpha value is -1.75. The van der Waals surface area contributed by atoms with Gasteiger partial charge in [-0.1, -0.05) is 11.6 Å². The second-order valence-corrected chi connectivity index (χ2v) is 3.21. The first kappa shape index (κ1) is 9.79. The molecule has 6 heteroatoms. The number of aromatic carboxylic acids is 1. The first-order valence-electron chi connectivity index (χ1n) is 3.95. The summed E-state index contributed by atoms with van der Waals surface area (Å²) in [6, 6.07) is 1.17. The van der Waals surface area contributed by atoms with Gasteiger partial charge >= 0.3 is 5.97 Å². The first-order chi connectivity index (χ1) is 7.15. The van der Waals surface area contributed by atoms with Gasteiger partial charge in [-0.2, -0.15) is 0 Å². The van der Waals surface area contributed by atoms with Crippen LogP contribution in [-0.2, 0) is 0 Å². The number of halogens is 1. The molecule has 0 aromatic heterocycles. The smallest absolute Gasteiger partial charge is 0.339 e. The molecular weight excluding hydrogens is 224 g/mol. The van der Waals surface area contributed by atoms with Gasteiger partial charge in [0.25, 0.3) is 0 Å². The van der Waals surface area contributed by atoms with Crippen LogP contribution >= 0.6 is 11.6 Å². The van der Waals surface area contributed by atoms with Gasteiger partial charge in [-0.3, -0.25) is 4.79 Å². The number of fused-ring (bicyclic) bond motifs is 1. The fourth-order valence-corrected chi connectivity index (χ4v) is 1.57.